The predicted molar refractivity (Wildman–Crippen MR) is 69.5 cm³/mol. The van der Waals surface area contributed by atoms with Gasteiger partial charge in [-0.1, -0.05) is 22.8 Å². The molecule has 19 heavy (non-hydrogen) atoms. The Morgan fingerprint density at radius 1 is 1.32 bits per heavy atom. The molecule has 1 aromatic carbocycles. The fraction of sp³-hybridized carbons (Fsp3) is 0.385. The maximum Gasteiger partial charge on any atom is 0.262 e. The summed E-state index contributed by atoms with van der Waals surface area (Å²) in [4.78, 5) is 4.30. The molecule has 1 N–H and O–H groups in total. The highest BCUT2D eigenvalue weighted by Crippen LogP contribution is 2.31. The molecule has 0 radical (unpaired) electrons. The lowest BCUT2D eigenvalue weighted by atomic mass is 9.98. The lowest BCUT2D eigenvalue weighted by molar-refractivity contribution is 0.391. The second kappa shape index (κ2) is 5.27. The van der Waals surface area contributed by atoms with Gasteiger partial charge in [0.05, 0.1) is 10.6 Å². The van der Waals surface area contributed by atoms with Gasteiger partial charge in [-0.15, -0.1) is 0 Å². The lowest BCUT2D eigenvalue weighted by Gasteiger charge is -2.18. The van der Waals surface area contributed by atoms with Gasteiger partial charge in [0.15, 0.2) is 5.82 Å². The van der Waals surface area contributed by atoms with E-state index in [0.717, 1.165) is 25.9 Å². The minimum atomic E-state index is -0.451. The maximum atomic E-state index is 13.8. The van der Waals surface area contributed by atoms with Crippen LogP contribution in [0.3, 0.4) is 0 Å². The van der Waals surface area contributed by atoms with Crippen LogP contribution >= 0.6 is 11.6 Å². The van der Waals surface area contributed by atoms with Crippen molar-refractivity contribution in [2.75, 3.05) is 13.1 Å². The van der Waals surface area contributed by atoms with Gasteiger partial charge in [0.2, 0.25) is 0 Å². The van der Waals surface area contributed by atoms with Crippen molar-refractivity contribution in [1.29, 1.82) is 0 Å². The van der Waals surface area contributed by atoms with Gasteiger partial charge in [-0.25, -0.2) is 4.39 Å². The SMILES string of the molecule is Fc1cccc(Cl)c1-c1nc(C2CCNCC2)no1. The zero-order chi connectivity index (χ0) is 13.2. The molecular weight excluding hydrogens is 269 g/mol. The van der Waals surface area contributed by atoms with E-state index in [9.17, 15) is 4.39 Å². The minimum Gasteiger partial charge on any atom is -0.334 e. The second-order valence-corrected chi connectivity index (χ2v) is 4.99. The molecule has 0 spiro atoms. The second-order valence-electron chi connectivity index (χ2n) is 4.58. The van der Waals surface area contributed by atoms with Gasteiger partial charge < -0.3 is 9.84 Å². The smallest absolute Gasteiger partial charge is 0.262 e. The van der Waals surface area contributed by atoms with E-state index in [1.54, 1.807) is 12.1 Å². The molecule has 0 unspecified atom stereocenters. The molecule has 100 valence electrons. The number of benzene rings is 1. The Bertz CT molecular complexity index is 561. The first kappa shape index (κ1) is 12.6. The van der Waals surface area contributed by atoms with Crippen molar-refractivity contribution in [3.8, 4) is 11.5 Å². The van der Waals surface area contributed by atoms with Crippen molar-refractivity contribution in [3.63, 3.8) is 0 Å². The molecule has 1 aliphatic heterocycles. The molecule has 3 rings (SSSR count). The van der Waals surface area contributed by atoms with Crippen LogP contribution in [0.4, 0.5) is 4.39 Å². The molecule has 1 saturated heterocycles. The first-order chi connectivity index (χ1) is 9.25. The van der Waals surface area contributed by atoms with Crippen LogP contribution in [0.5, 0.6) is 0 Å². The maximum absolute atomic E-state index is 13.8. The number of nitrogens with one attached hydrogen (secondary N) is 1. The molecule has 2 aromatic rings. The van der Waals surface area contributed by atoms with Crippen molar-refractivity contribution in [2.45, 2.75) is 18.8 Å². The largest absolute Gasteiger partial charge is 0.334 e. The van der Waals surface area contributed by atoms with Crippen LogP contribution in [0.15, 0.2) is 22.7 Å². The number of rotatable bonds is 2. The average Bonchev–Trinajstić information content (AvgIpc) is 2.89. The molecule has 0 amide bonds. The van der Waals surface area contributed by atoms with Crippen molar-refractivity contribution >= 4 is 11.6 Å². The van der Waals surface area contributed by atoms with Crippen LogP contribution in [-0.2, 0) is 0 Å². The van der Waals surface area contributed by atoms with Gasteiger partial charge in [0.25, 0.3) is 5.89 Å². The van der Waals surface area contributed by atoms with E-state index in [0.29, 0.717) is 5.82 Å². The fourth-order valence-electron chi connectivity index (χ4n) is 2.28. The number of piperidine rings is 1. The fourth-order valence-corrected chi connectivity index (χ4v) is 2.53. The third kappa shape index (κ3) is 2.48. The van der Waals surface area contributed by atoms with E-state index in [1.807, 2.05) is 0 Å². The van der Waals surface area contributed by atoms with E-state index < -0.39 is 5.82 Å². The van der Waals surface area contributed by atoms with Crippen LogP contribution in [0.1, 0.15) is 24.6 Å². The molecule has 1 aromatic heterocycles. The quantitative estimate of drug-likeness (QED) is 0.919. The molecular formula is C13H13ClFN3O. The Kier molecular flexibility index (Phi) is 3.48. The van der Waals surface area contributed by atoms with Gasteiger partial charge in [-0.2, -0.15) is 4.98 Å². The van der Waals surface area contributed by atoms with Crippen molar-refractivity contribution < 1.29 is 8.91 Å². The Labute approximate surface area is 115 Å². The molecule has 2 heterocycles. The first-order valence-corrected chi connectivity index (χ1v) is 6.62. The van der Waals surface area contributed by atoms with E-state index in [1.165, 1.54) is 6.07 Å². The standard InChI is InChI=1S/C13H13ClFN3O/c14-9-2-1-3-10(15)11(9)13-17-12(18-19-13)8-4-6-16-7-5-8/h1-3,8,16H,4-7H2. The topological polar surface area (TPSA) is 51.0 Å². The highest BCUT2D eigenvalue weighted by atomic mass is 35.5. The number of hydrogen-bond donors (Lipinski definition) is 1. The summed E-state index contributed by atoms with van der Waals surface area (Å²) < 4.78 is 18.9. The Hall–Kier alpha value is -1.46. The van der Waals surface area contributed by atoms with Crippen LogP contribution in [0.2, 0.25) is 5.02 Å². The summed E-state index contributed by atoms with van der Waals surface area (Å²) in [6.07, 6.45) is 1.92. The van der Waals surface area contributed by atoms with Crippen molar-refractivity contribution in [2.24, 2.45) is 0 Å². The monoisotopic (exact) mass is 281 g/mol. The Morgan fingerprint density at radius 2 is 2.11 bits per heavy atom. The number of aromatic nitrogens is 2. The Balaban J connectivity index is 1.92. The van der Waals surface area contributed by atoms with E-state index in [4.69, 9.17) is 16.1 Å². The molecule has 0 aliphatic carbocycles. The highest BCUT2D eigenvalue weighted by molar-refractivity contribution is 6.33. The summed E-state index contributed by atoms with van der Waals surface area (Å²) in [5.41, 5.74) is 0.178. The van der Waals surface area contributed by atoms with Gasteiger partial charge >= 0.3 is 0 Å². The van der Waals surface area contributed by atoms with Gasteiger partial charge in [0.1, 0.15) is 5.82 Å². The summed E-state index contributed by atoms with van der Waals surface area (Å²) in [7, 11) is 0. The van der Waals surface area contributed by atoms with E-state index in [2.05, 4.69) is 15.5 Å². The van der Waals surface area contributed by atoms with Gasteiger partial charge in [0, 0.05) is 5.92 Å². The average molecular weight is 282 g/mol. The summed E-state index contributed by atoms with van der Waals surface area (Å²) in [6, 6.07) is 4.48. The lowest BCUT2D eigenvalue weighted by Crippen LogP contribution is -2.27. The van der Waals surface area contributed by atoms with Gasteiger partial charge in [-0.3, -0.25) is 0 Å². The number of nitrogens with zero attached hydrogens (tertiary/aromatic N) is 2. The molecule has 0 bridgehead atoms. The predicted octanol–water partition coefficient (Wildman–Crippen LogP) is 3.00. The van der Waals surface area contributed by atoms with Crippen LogP contribution < -0.4 is 5.32 Å². The van der Waals surface area contributed by atoms with Crippen LogP contribution in [0, 0.1) is 5.82 Å². The number of halogens is 2. The minimum absolute atomic E-state index is 0.150. The summed E-state index contributed by atoms with van der Waals surface area (Å²) in [5.74, 6) is 0.602. The highest BCUT2D eigenvalue weighted by Gasteiger charge is 2.23. The van der Waals surface area contributed by atoms with Crippen molar-refractivity contribution in [3.05, 3.63) is 34.9 Å². The zero-order valence-electron chi connectivity index (χ0n) is 10.2. The normalized spacial score (nSPS) is 16.7. The van der Waals surface area contributed by atoms with Crippen LogP contribution in [0.25, 0.3) is 11.5 Å². The summed E-state index contributed by atoms with van der Waals surface area (Å²) in [6.45, 7) is 1.88. The van der Waals surface area contributed by atoms with E-state index in [-0.39, 0.29) is 22.4 Å². The molecule has 0 saturated carbocycles. The van der Waals surface area contributed by atoms with Gasteiger partial charge in [-0.05, 0) is 38.1 Å². The molecule has 4 nitrogen and oxygen atoms in total. The third-order valence-electron chi connectivity index (χ3n) is 3.32. The summed E-state index contributed by atoms with van der Waals surface area (Å²) >= 11 is 5.98. The third-order valence-corrected chi connectivity index (χ3v) is 3.64. The molecule has 0 atom stereocenters. The summed E-state index contributed by atoms with van der Waals surface area (Å²) in [5, 5.41) is 7.51. The molecule has 6 heteroatoms. The zero-order valence-corrected chi connectivity index (χ0v) is 11.0. The van der Waals surface area contributed by atoms with E-state index >= 15 is 0 Å². The Morgan fingerprint density at radius 3 is 2.84 bits per heavy atom. The van der Waals surface area contributed by atoms with Crippen LogP contribution in [-0.4, -0.2) is 23.2 Å². The first-order valence-electron chi connectivity index (χ1n) is 6.24. The molecule has 1 aliphatic rings. The van der Waals surface area contributed by atoms with Crippen molar-refractivity contribution in [1.82, 2.24) is 15.5 Å². The number of hydrogen-bond acceptors (Lipinski definition) is 4. The molecule has 1 fully saturated rings.